The molecule has 9 nitrogen and oxygen atoms in total. The van der Waals surface area contributed by atoms with Gasteiger partial charge >= 0.3 is 11.9 Å². The number of rotatable bonds is 11. The van der Waals surface area contributed by atoms with Crippen LogP contribution in [0, 0.1) is 0 Å². The highest BCUT2D eigenvalue weighted by atomic mass is 35.5. The minimum Gasteiger partial charge on any atom is -0.490 e. The number of aromatic carboxylic acids is 1. The molecule has 10 heteroatoms. The molecule has 2 aromatic rings. The molecule has 3 N–H and O–H groups in total. The van der Waals surface area contributed by atoms with Crippen LogP contribution in [0.1, 0.15) is 16.8 Å². The fourth-order valence-electron chi connectivity index (χ4n) is 2.18. The highest BCUT2D eigenvalue weighted by Gasteiger charge is 2.14. The van der Waals surface area contributed by atoms with E-state index in [1.54, 1.807) is 0 Å². The number of nitrogens with one attached hydrogen (secondary N) is 1. The first-order valence-corrected chi connectivity index (χ1v) is 8.36. The number of carbonyl (C=O) groups is 2. The second kappa shape index (κ2) is 9.91. The summed E-state index contributed by atoms with van der Waals surface area (Å²) in [6.45, 7) is 1.03. The van der Waals surface area contributed by atoms with Crippen molar-refractivity contribution in [2.45, 2.75) is 6.42 Å². The second-order valence-electron chi connectivity index (χ2n) is 5.38. The van der Waals surface area contributed by atoms with Crippen LogP contribution in [0.4, 0.5) is 0 Å². The Balaban J connectivity index is 1.87. The van der Waals surface area contributed by atoms with Gasteiger partial charge in [-0.25, -0.2) is 4.79 Å². The van der Waals surface area contributed by atoms with Gasteiger partial charge in [-0.15, -0.1) is 0 Å². The topological polar surface area (TPSA) is 135 Å². The van der Waals surface area contributed by atoms with E-state index in [1.807, 2.05) is 0 Å². The number of fused-ring (bicyclic) bond motifs is 1. The standard InChI is InChI=1S/C17H18ClNO8/c18-12-8-13-10(16(22)11(9-19-13)17(23)24)7-14(12)27-6-5-26-4-3-25-2-1-15(20)21/h7-9H,1-6H2,(H,19,22)(H,20,21)(H,23,24). The normalized spacial score (nSPS) is 10.9. The fraction of sp³-hybridized carbons (Fsp3) is 0.353. The predicted octanol–water partition coefficient (Wildman–Crippen LogP) is 1.77. The van der Waals surface area contributed by atoms with Crippen LogP contribution < -0.4 is 10.2 Å². The summed E-state index contributed by atoms with van der Waals surface area (Å²) in [5.74, 6) is -2.01. The average molecular weight is 400 g/mol. The molecule has 1 aromatic heterocycles. The summed E-state index contributed by atoms with van der Waals surface area (Å²) < 4.78 is 15.8. The second-order valence-corrected chi connectivity index (χ2v) is 5.79. The van der Waals surface area contributed by atoms with Crippen LogP contribution in [-0.2, 0) is 14.3 Å². The van der Waals surface area contributed by atoms with Gasteiger partial charge in [0.1, 0.15) is 17.9 Å². The maximum atomic E-state index is 12.2. The molecule has 0 aliphatic carbocycles. The number of carboxylic acid groups (broad SMARTS) is 2. The van der Waals surface area contributed by atoms with Gasteiger partial charge in [-0.05, 0) is 12.1 Å². The lowest BCUT2D eigenvalue weighted by atomic mass is 10.1. The van der Waals surface area contributed by atoms with Crippen LogP contribution in [0.15, 0.2) is 23.1 Å². The molecule has 0 fully saturated rings. The van der Waals surface area contributed by atoms with E-state index in [0.29, 0.717) is 5.52 Å². The van der Waals surface area contributed by atoms with Gasteiger partial charge in [0.15, 0.2) is 0 Å². The number of benzene rings is 1. The van der Waals surface area contributed by atoms with Crippen LogP contribution in [0.25, 0.3) is 10.9 Å². The first kappa shape index (κ1) is 20.7. The Labute approximate surface area is 158 Å². The van der Waals surface area contributed by atoms with E-state index in [9.17, 15) is 14.4 Å². The molecule has 0 bridgehead atoms. The number of carboxylic acids is 2. The van der Waals surface area contributed by atoms with Crippen molar-refractivity contribution in [3.05, 3.63) is 39.1 Å². The van der Waals surface area contributed by atoms with E-state index in [0.717, 1.165) is 6.20 Å². The number of H-pyrrole nitrogens is 1. The lowest BCUT2D eigenvalue weighted by Crippen LogP contribution is -2.15. The predicted molar refractivity (Wildman–Crippen MR) is 95.9 cm³/mol. The molecule has 0 atom stereocenters. The van der Waals surface area contributed by atoms with E-state index in [-0.39, 0.29) is 61.2 Å². The largest absolute Gasteiger partial charge is 0.490 e. The van der Waals surface area contributed by atoms with Crippen molar-refractivity contribution in [1.82, 2.24) is 4.98 Å². The number of aromatic nitrogens is 1. The molecule has 0 saturated carbocycles. The van der Waals surface area contributed by atoms with E-state index >= 15 is 0 Å². The van der Waals surface area contributed by atoms with E-state index in [4.69, 9.17) is 36.0 Å². The van der Waals surface area contributed by atoms with E-state index < -0.39 is 17.4 Å². The number of hydrogen-bond acceptors (Lipinski definition) is 6. The van der Waals surface area contributed by atoms with Crippen LogP contribution in [0.2, 0.25) is 5.02 Å². The van der Waals surface area contributed by atoms with Crippen molar-refractivity contribution in [2.24, 2.45) is 0 Å². The zero-order chi connectivity index (χ0) is 19.8. The summed E-state index contributed by atoms with van der Waals surface area (Å²) in [6, 6.07) is 2.87. The third-order valence-electron chi connectivity index (χ3n) is 3.48. The Kier molecular flexibility index (Phi) is 7.59. The van der Waals surface area contributed by atoms with Crippen molar-refractivity contribution < 1.29 is 34.0 Å². The minimum atomic E-state index is -1.32. The Morgan fingerprint density at radius 2 is 1.70 bits per heavy atom. The summed E-state index contributed by atoms with van der Waals surface area (Å²) in [5, 5.41) is 17.9. The Morgan fingerprint density at radius 3 is 2.37 bits per heavy atom. The molecule has 1 heterocycles. The number of aromatic amines is 1. The molecule has 0 aliphatic heterocycles. The number of pyridine rings is 1. The molecular weight excluding hydrogens is 382 g/mol. The number of ether oxygens (including phenoxy) is 3. The van der Waals surface area contributed by atoms with Crippen LogP contribution in [0.5, 0.6) is 5.75 Å². The average Bonchev–Trinajstić information content (AvgIpc) is 2.60. The van der Waals surface area contributed by atoms with E-state index in [1.165, 1.54) is 12.1 Å². The molecule has 0 spiro atoms. The Morgan fingerprint density at radius 1 is 1.04 bits per heavy atom. The van der Waals surface area contributed by atoms with Gasteiger partial charge < -0.3 is 29.4 Å². The monoisotopic (exact) mass is 399 g/mol. The molecule has 2 rings (SSSR count). The van der Waals surface area contributed by atoms with Gasteiger partial charge in [-0.3, -0.25) is 9.59 Å². The number of hydrogen-bond donors (Lipinski definition) is 3. The van der Waals surface area contributed by atoms with Crippen molar-refractivity contribution in [3.63, 3.8) is 0 Å². The summed E-state index contributed by atoms with van der Waals surface area (Å²) in [7, 11) is 0. The smallest absolute Gasteiger partial charge is 0.341 e. The quantitative estimate of drug-likeness (QED) is 0.486. The third kappa shape index (κ3) is 5.95. The number of halogens is 1. The molecular formula is C17H18ClNO8. The first-order valence-electron chi connectivity index (χ1n) is 7.98. The van der Waals surface area contributed by atoms with Gasteiger partial charge in [-0.1, -0.05) is 11.6 Å². The van der Waals surface area contributed by atoms with Crippen LogP contribution in [0.3, 0.4) is 0 Å². The first-order chi connectivity index (χ1) is 12.9. The highest BCUT2D eigenvalue weighted by molar-refractivity contribution is 6.32. The third-order valence-corrected chi connectivity index (χ3v) is 3.78. The molecule has 0 radical (unpaired) electrons. The van der Waals surface area contributed by atoms with Crippen LogP contribution >= 0.6 is 11.6 Å². The van der Waals surface area contributed by atoms with Crippen molar-refractivity contribution in [3.8, 4) is 5.75 Å². The molecule has 0 saturated heterocycles. The lowest BCUT2D eigenvalue weighted by Gasteiger charge is -2.10. The van der Waals surface area contributed by atoms with Gasteiger partial charge in [0.2, 0.25) is 5.43 Å². The molecule has 146 valence electrons. The summed E-state index contributed by atoms with van der Waals surface area (Å²) in [5.41, 5.74) is -0.605. The summed E-state index contributed by atoms with van der Waals surface area (Å²) in [4.78, 5) is 36.3. The Hall–Kier alpha value is -2.62. The number of aliphatic carboxylic acids is 1. The fourth-order valence-corrected chi connectivity index (χ4v) is 2.40. The van der Waals surface area contributed by atoms with Crippen molar-refractivity contribution in [1.29, 1.82) is 0 Å². The maximum absolute atomic E-state index is 12.2. The highest BCUT2D eigenvalue weighted by Crippen LogP contribution is 2.28. The Bertz CT molecular complexity index is 879. The van der Waals surface area contributed by atoms with Gasteiger partial charge in [0, 0.05) is 6.20 Å². The zero-order valence-corrected chi connectivity index (χ0v) is 15.0. The summed E-state index contributed by atoms with van der Waals surface area (Å²) >= 11 is 6.11. The van der Waals surface area contributed by atoms with Gasteiger partial charge in [0.05, 0.1) is 48.8 Å². The maximum Gasteiger partial charge on any atom is 0.341 e. The minimum absolute atomic E-state index is 0.0632. The van der Waals surface area contributed by atoms with Crippen molar-refractivity contribution >= 4 is 34.4 Å². The van der Waals surface area contributed by atoms with E-state index in [2.05, 4.69) is 4.98 Å². The molecule has 0 amide bonds. The zero-order valence-electron chi connectivity index (χ0n) is 14.2. The molecule has 1 aromatic carbocycles. The molecule has 0 aliphatic rings. The lowest BCUT2D eigenvalue weighted by molar-refractivity contribution is -0.138. The van der Waals surface area contributed by atoms with Gasteiger partial charge in [0.25, 0.3) is 0 Å². The van der Waals surface area contributed by atoms with Crippen LogP contribution in [-0.4, -0.2) is 60.2 Å². The summed E-state index contributed by atoms with van der Waals surface area (Å²) in [6.07, 6.45) is 1.06. The van der Waals surface area contributed by atoms with Crippen molar-refractivity contribution in [2.75, 3.05) is 33.0 Å². The SMILES string of the molecule is O=C(O)CCOCCOCCOc1cc2c(=O)c(C(=O)O)c[nH]c2cc1Cl. The van der Waals surface area contributed by atoms with Gasteiger partial charge in [-0.2, -0.15) is 0 Å². The molecule has 27 heavy (non-hydrogen) atoms. The molecule has 0 unspecified atom stereocenters.